The van der Waals surface area contributed by atoms with E-state index in [2.05, 4.69) is 34.0 Å². The molecule has 17 heavy (non-hydrogen) atoms. The molecule has 0 atom stereocenters. The van der Waals surface area contributed by atoms with Crippen molar-refractivity contribution < 1.29 is 9.90 Å². The van der Waals surface area contributed by atoms with E-state index in [9.17, 15) is 4.79 Å². The van der Waals surface area contributed by atoms with E-state index in [1.165, 1.54) is 12.3 Å². The molecule has 0 spiro atoms. The first-order chi connectivity index (χ1) is 7.83. The van der Waals surface area contributed by atoms with E-state index in [-0.39, 0.29) is 11.2 Å². The van der Waals surface area contributed by atoms with E-state index in [4.69, 9.17) is 5.11 Å². The third-order valence-electron chi connectivity index (χ3n) is 2.76. The molecule has 0 aromatic carbocycles. The van der Waals surface area contributed by atoms with Gasteiger partial charge in [-0.2, -0.15) is 0 Å². The number of carboxylic acids is 1. The number of carbonyl (C=O) groups is 1. The molecule has 6 nitrogen and oxygen atoms in total. The number of nitrogens with zero attached hydrogens (tertiary/aromatic N) is 3. The molecule has 1 rings (SSSR count). The molecule has 0 saturated carbocycles. The molecule has 0 saturated heterocycles. The highest BCUT2D eigenvalue weighted by atomic mass is 16.4. The van der Waals surface area contributed by atoms with Gasteiger partial charge in [0, 0.05) is 18.3 Å². The number of aromatic carboxylic acids is 1. The van der Waals surface area contributed by atoms with Crippen LogP contribution in [0.1, 0.15) is 24.3 Å². The average molecular weight is 238 g/mol. The van der Waals surface area contributed by atoms with Crippen molar-refractivity contribution in [3.05, 3.63) is 18.0 Å². The minimum Gasteiger partial charge on any atom is -0.477 e. The van der Waals surface area contributed by atoms with Gasteiger partial charge in [0.2, 0.25) is 5.95 Å². The molecule has 1 aromatic rings. The van der Waals surface area contributed by atoms with Crippen molar-refractivity contribution in [2.75, 3.05) is 26.0 Å². The summed E-state index contributed by atoms with van der Waals surface area (Å²) in [6, 6.07) is 1.37. The average Bonchev–Trinajstić information content (AvgIpc) is 2.26. The van der Waals surface area contributed by atoms with Crippen LogP contribution in [0, 0.1) is 0 Å². The smallest absolute Gasteiger partial charge is 0.354 e. The Kier molecular flexibility index (Phi) is 4.01. The summed E-state index contributed by atoms with van der Waals surface area (Å²) < 4.78 is 0. The van der Waals surface area contributed by atoms with Crippen LogP contribution < -0.4 is 5.32 Å². The van der Waals surface area contributed by atoms with Crippen LogP contribution in [-0.2, 0) is 0 Å². The Morgan fingerprint density at radius 1 is 1.53 bits per heavy atom. The monoisotopic (exact) mass is 238 g/mol. The van der Waals surface area contributed by atoms with Crippen molar-refractivity contribution in [1.29, 1.82) is 0 Å². The van der Waals surface area contributed by atoms with Crippen LogP contribution >= 0.6 is 0 Å². The third-order valence-corrected chi connectivity index (χ3v) is 2.76. The van der Waals surface area contributed by atoms with Gasteiger partial charge in [-0.3, -0.25) is 0 Å². The molecule has 6 heteroatoms. The summed E-state index contributed by atoms with van der Waals surface area (Å²) in [5, 5.41) is 11.8. The SMILES string of the molecule is CN(C)C(C)(C)CNc1nccc(C(=O)O)n1. The molecule has 0 radical (unpaired) electrons. The van der Waals surface area contributed by atoms with E-state index in [0.29, 0.717) is 12.5 Å². The van der Waals surface area contributed by atoms with E-state index < -0.39 is 5.97 Å². The Bertz CT molecular complexity index is 404. The highest BCUT2D eigenvalue weighted by Gasteiger charge is 2.20. The summed E-state index contributed by atoms with van der Waals surface area (Å²) in [7, 11) is 3.96. The van der Waals surface area contributed by atoms with Gasteiger partial charge in [0.1, 0.15) is 0 Å². The molecule has 0 fully saturated rings. The fourth-order valence-electron chi connectivity index (χ4n) is 1.02. The molecule has 0 aliphatic carbocycles. The quantitative estimate of drug-likeness (QED) is 0.794. The summed E-state index contributed by atoms with van der Waals surface area (Å²) in [5.41, 5.74) is -0.0760. The molecule has 2 N–H and O–H groups in total. The van der Waals surface area contributed by atoms with Gasteiger partial charge in [-0.05, 0) is 34.0 Å². The first-order valence-electron chi connectivity index (χ1n) is 5.30. The number of anilines is 1. The minimum absolute atomic E-state index is 0.00911. The normalized spacial score (nSPS) is 11.6. The lowest BCUT2D eigenvalue weighted by Gasteiger charge is -2.32. The summed E-state index contributed by atoms with van der Waals surface area (Å²) in [6.07, 6.45) is 1.43. The molecule has 1 aromatic heterocycles. The summed E-state index contributed by atoms with van der Waals surface area (Å²) in [5.74, 6) is -0.720. The van der Waals surface area contributed by atoms with Crippen LogP contribution in [0.5, 0.6) is 0 Å². The van der Waals surface area contributed by atoms with E-state index in [0.717, 1.165) is 0 Å². The van der Waals surface area contributed by atoms with Crippen LogP contribution in [0.15, 0.2) is 12.3 Å². The van der Waals surface area contributed by atoms with Crippen molar-refractivity contribution in [3.8, 4) is 0 Å². The molecule has 0 amide bonds. The Balaban J connectivity index is 2.70. The molecule has 94 valence electrons. The van der Waals surface area contributed by atoms with Gasteiger partial charge in [0.15, 0.2) is 5.69 Å². The van der Waals surface area contributed by atoms with Crippen LogP contribution in [0.4, 0.5) is 5.95 Å². The number of hydrogen-bond acceptors (Lipinski definition) is 5. The molecule has 0 unspecified atom stereocenters. The van der Waals surface area contributed by atoms with Gasteiger partial charge in [0.25, 0.3) is 0 Å². The van der Waals surface area contributed by atoms with Crippen LogP contribution in [-0.4, -0.2) is 52.1 Å². The largest absolute Gasteiger partial charge is 0.477 e. The zero-order chi connectivity index (χ0) is 13.1. The molecule has 1 heterocycles. The van der Waals surface area contributed by atoms with E-state index >= 15 is 0 Å². The lowest BCUT2D eigenvalue weighted by molar-refractivity contribution is 0.0690. The molecule has 0 bridgehead atoms. The first-order valence-corrected chi connectivity index (χ1v) is 5.30. The van der Waals surface area contributed by atoms with Crippen molar-refractivity contribution in [3.63, 3.8) is 0 Å². The highest BCUT2D eigenvalue weighted by Crippen LogP contribution is 2.10. The topological polar surface area (TPSA) is 78.4 Å². The standard InChI is InChI=1S/C11H18N4O2/c1-11(2,15(3)4)7-13-10-12-6-5-8(14-10)9(16)17/h5-6H,7H2,1-4H3,(H,16,17)(H,12,13,14). The molecule has 0 aliphatic rings. The second-order valence-corrected chi connectivity index (χ2v) is 4.63. The van der Waals surface area contributed by atoms with Crippen LogP contribution in [0.3, 0.4) is 0 Å². The van der Waals surface area contributed by atoms with Crippen LogP contribution in [0.25, 0.3) is 0 Å². The molecular formula is C11H18N4O2. The van der Waals surface area contributed by atoms with Gasteiger partial charge in [-0.25, -0.2) is 14.8 Å². The van der Waals surface area contributed by atoms with E-state index in [1.807, 2.05) is 14.1 Å². The maximum absolute atomic E-state index is 10.7. The maximum Gasteiger partial charge on any atom is 0.354 e. The maximum atomic E-state index is 10.7. The molecular weight excluding hydrogens is 220 g/mol. The van der Waals surface area contributed by atoms with Crippen molar-refractivity contribution in [1.82, 2.24) is 14.9 Å². The second kappa shape index (κ2) is 5.09. The number of rotatable bonds is 5. The third kappa shape index (κ3) is 3.67. The second-order valence-electron chi connectivity index (χ2n) is 4.63. The zero-order valence-electron chi connectivity index (χ0n) is 10.6. The fraction of sp³-hybridized carbons (Fsp3) is 0.545. The number of likely N-dealkylation sites (N-methyl/N-ethyl adjacent to an activating group) is 1. The van der Waals surface area contributed by atoms with Crippen molar-refractivity contribution >= 4 is 11.9 Å². The lowest BCUT2D eigenvalue weighted by Crippen LogP contribution is -2.44. The first kappa shape index (κ1) is 13.4. The summed E-state index contributed by atoms with van der Waals surface area (Å²) in [4.78, 5) is 20.7. The van der Waals surface area contributed by atoms with Crippen LogP contribution in [0.2, 0.25) is 0 Å². The predicted molar refractivity (Wildman–Crippen MR) is 65.2 cm³/mol. The number of hydrogen-bond donors (Lipinski definition) is 2. The van der Waals surface area contributed by atoms with Crippen molar-refractivity contribution in [2.45, 2.75) is 19.4 Å². The Labute approximate surface area is 101 Å². The van der Waals surface area contributed by atoms with Gasteiger partial charge in [0.05, 0.1) is 0 Å². The molecule has 0 aliphatic heterocycles. The number of nitrogens with one attached hydrogen (secondary N) is 1. The summed E-state index contributed by atoms with van der Waals surface area (Å²) >= 11 is 0. The van der Waals surface area contributed by atoms with Gasteiger partial charge in [-0.1, -0.05) is 0 Å². The Morgan fingerprint density at radius 3 is 2.71 bits per heavy atom. The Morgan fingerprint density at radius 2 is 2.18 bits per heavy atom. The Hall–Kier alpha value is -1.69. The zero-order valence-corrected chi connectivity index (χ0v) is 10.6. The lowest BCUT2D eigenvalue weighted by atomic mass is 10.1. The minimum atomic E-state index is -1.05. The highest BCUT2D eigenvalue weighted by molar-refractivity contribution is 5.85. The van der Waals surface area contributed by atoms with E-state index in [1.54, 1.807) is 0 Å². The number of carboxylic acid groups (broad SMARTS) is 1. The van der Waals surface area contributed by atoms with Gasteiger partial charge < -0.3 is 15.3 Å². The summed E-state index contributed by atoms with van der Waals surface area (Å²) in [6.45, 7) is 4.77. The van der Waals surface area contributed by atoms with Crippen molar-refractivity contribution in [2.24, 2.45) is 0 Å². The fourth-order valence-corrected chi connectivity index (χ4v) is 1.02. The number of aromatic nitrogens is 2. The van der Waals surface area contributed by atoms with Gasteiger partial charge in [-0.15, -0.1) is 0 Å². The van der Waals surface area contributed by atoms with Gasteiger partial charge >= 0.3 is 5.97 Å². The predicted octanol–water partition coefficient (Wildman–Crippen LogP) is 0.927.